The molecule has 0 aliphatic rings. The quantitative estimate of drug-likeness (QED) is 0.0458. The van der Waals surface area contributed by atoms with E-state index in [1.807, 2.05) is 0 Å². The maximum Gasteiger partial charge on any atom is 0.303 e. The van der Waals surface area contributed by atoms with E-state index in [4.69, 9.17) is 20.1 Å². The topological polar surface area (TPSA) is 99.0 Å². The van der Waals surface area contributed by atoms with Crippen LogP contribution in [0.25, 0.3) is 0 Å². The van der Waals surface area contributed by atoms with Gasteiger partial charge in [0.1, 0.15) is 0 Å². The van der Waals surface area contributed by atoms with Crippen LogP contribution in [0.2, 0.25) is 0 Å². The van der Waals surface area contributed by atoms with Gasteiger partial charge in [0.05, 0.1) is 13.2 Å². The van der Waals surface area contributed by atoms with E-state index >= 15 is 0 Å². The van der Waals surface area contributed by atoms with Crippen molar-refractivity contribution in [1.29, 1.82) is 0 Å². The van der Waals surface area contributed by atoms with Crippen molar-refractivity contribution in [2.75, 3.05) is 39.5 Å². The van der Waals surface area contributed by atoms with Crippen LogP contribution in [0.15, 0.2) is 0 Å². The lowest BCUT2D eigenvalue weighted by Crippen LogP contribution is -2.21. The van der Waals surface area contributed by atoms with Crippen molar-refractivity contribution in [3.63, 3.8) is 0 Å². The first-order valence-electron chi connectivity index (χ1n) is 25.3. The van der Waals surface area contributed by atoms with E-state index in [-0.39, 0.29) is 13.2 Å². The standard InChI is InChI=1S/C24H50O.C22H44O2.C4H11NO2/c1-3-5-7-9-11-13-15-17-19-21-23-25-24-22-20-18-16-14-12-10-8-6-4-2;1-2-3-4-5-6-7-8-9-10-11-12-13-14-15-16-17-18-19-20-21-22(23)24;6-3-1-5-2-4-7/h3-24H2,1-2H3;2-21H2,1H3,(H,23,24);5-7H,1-4H2. The number of rotatable bonds is 46. The van der Waals surface area contributed by atoms with E-state index in [1.165, 1.54) is 238 Å². The monoisotopic (exact) mass is 800 g/mol. The summed E-state index contributed by atoms with van der Waals surface area (Å²) in [6.07, 6.45) is 54.3. The number of unbranched alkanes of at least 4 members (excludes halogenated alkanes) is 36. The summed E-state index contributed by atoms with van der Waals surface area (Å²) in [5.74, 6) is -0.651. The van der Waals surface area contributed by atoms with Gasteiger partial charge in [0, 0.05) is 32.7 Å². The number of aliphatic hydroxyl groups excluding tert-OH is 2. The first kappa shape index (κ1) is 59.6. The van der Waals surface area contributed by atoms with E-state index < -0.39 is 5.97 Å². The number of carboxylic acids is 1. The smallest absolute Gasteiger partial charge is 0.303 e. The third-order valence-electron chi connectivity index (χ3n) is 10.9. The first-order valence-corrected chi connectivity index (χ1v) is 25.3. The third-order valence-corrected chi connectivity index (χ3v) is 10.9. The van der Waals surface area contributed by atoms with Gasteiger partial charge in [0.15, 0.2) is 0 Å². The summed E-state index contributed by atoms with van der Waals surface area (Å²) in [6.45, 7) is 10.3. The summed E-state index contributed by atoms with van der Waals surface area (Å²) in [4.78, 5) is 10.4. The van der Waals surface area contributed by atoms with Crippen LogP contribution < -0.4 is 5.32 Å². The van der Waals surface area contributed by atoms with Gasteiger partial charge in [0.25, 0.3) is 0 Å². The molecule has 6 nitrogen and oxygen atoms in total. The zero-order chi connectivity index (χ0) is 41.5. The highest BCUT2D eigenvalue weighted by molar-refractivity contribution is 5.66. The van der Waals surface area contributed by atoms with E-state index in [0.29, 0.717) is 19.5 Å². The second kappa shape index (κ2) is 61.0. The number of aliphatic carboxylic acids is 1. The fraction of sp³-hybridized carbons (Fsp3) is 0.980. The lowest BCUT2D eigenvalue weighted by atomic mass is 10.0. The molecule has 0 atom stereocenters. The lowest BCUT2D eigenvalue weighted by Gasteiger charge is -2.05. The second-order valence-corrected chi connectivity index (χ2v) is 16.7. The highest BCUT2D eigenvalue weighted by Gasteiger charge is 1.98. The van der Waals surface area contributed by atoms with Crippen molar-refractivity contribution < 1.29 is 24.9 Å². The molecular formula is C50H105NO5. The fourth-order valence-electron chi connectivity index (χ4n) is 7.12. The van der Waals surface area contributed by atoms with Crippen LogP contribution >= 0.6 is 0 Å². The van der Waals surface area contributed by atoms with Crippen molar-refractivity contribution in [3.8, 4) is 0 Å². The van der Waals surface area contributed by atoms with E-state index in [2.05, 4.69) is 26.1 Å². The maximum absolute atomic E-state index is 10.4. The third kappa shape index (κ3) is 68.0. The summed E-state index contributed by atoms with van der Waals surface area (Å²) in [5, 5.41) is 27.6. The minimum Gasteiger partial charge on any atom is -0.481 e. The predicted octanol–water partition coefficient (Wildman–Crippen LogP) is 15.3. The van der Waals surface area contributed by atoms with Crippen molar-refractivity contribution in [1.82, 2.24) is 5.32 Å². The SMILES string of the molecule is CCCCCCCCCCCCCCCCCCCCCC(=O)O.CCCCCCCCCCCCOCCCCCCCCCCCC.OCCNCCO. The van der Waals surface area contributed by atoms with E-state index in [9.17, 15) is 4.79 Å². The molecule has 0 saturated heterocycles. The van der Waals surface area contributed by atoms with E-state index in [1.54, 1.807) is 0 Å². The Hall–Kier alpha value is -0.690. The van der Waals surface area contributed by atoms with Gasteiger partial charge < -0.3 is 25.4 Å². The normalized spacial score (nSPS) is 10.9. The Balaban J connectivity index is -0.000000856. The molecule has 0 amide bonds. The minimum atomic E-state index is -0.651. The molecule has 0 aliphatic carbocycles. The van der Waals surface area contributed by atoms with Gasteiger partial charge in [-0.1, -0.05) is 252 Å². The molecule has 340 valence electrons. The molecule has 6 heteroatoms. The van der Waals surface area contributed by atoms with Gasteiger partial charge in [-0.2, -0.15) is 0 Å². The summed E-state index contributed by atoms with van der Waals surface area (Å²) < 4.78 is 5.78. The zero-order valence-corrected chi connectivity index (χ0v) is 38.7. The molecule has 0 aromatic carbocycles. The Morgan fingerprint density at radius 3 is 0.786 bits per heavy atom. The van der Waals surface area contributed by atoms with E-state index in [0.717, 1.165) is 26.1 Å². The van der Waals surface area contributed by atoms with Gasteiger partial charge in [-0.15, -0.1) is 0 Å². The first-order chi connectivity index (χ1) is 27.6. The van der Waals surface area contributed by atoms with Gasteiger partial charge >= 0.3 is 5.97 Å². The summed E-state index contributed by atoms with van der Waals surface area (Å²) in [7, 11) is 0. The second-order valence-electron chi connectivity index (χ2n) is 16.7. The number of aliphatic hydroxyl groups is 2. The Morgan fingerprint density at radius 2 is 0.571 bits per heavy atom. The average Bonchev–Trinajstić information content (AvgIpc) is 3.20. The molecule has 0 bridgehead atoms. The maximum atomic E-state index is 10.4. The largest absolute Gasteiger partial charge is 0.481 e. The number of carboxylic acid groups (broad SMARTS) is 1. The molecule has 0 spiro atoms. The Morgan fingerprint density at radius 1 is 0.357 bits per heavy atom. The molecular weight excluding hydrogens is 695 g/mol. The number of nitrogens with one attached hydrogen (secondary N) is 1. The predicted molar refractivity (Wildman–Crippen MR) is 247 cm³/mol. The average molecular weight is 800 g/mol. The highest BCUT2D eigenvalue weighted by atomic mass is 16.5. The van der Waals surface area contributed by atoms with Crippen LogP contribution in [-0.2, 0) is 9.53 Å². The highest BCUT2D eigenvalue weighted by Crippen LogP contribution is 2.15. The van der Waals surface area contributed by atoms with Crippen molar-refractivity contribution in [3.05, 3.63) is 0 Å². The van der Waals surface area contributed by atoms with Crippen LogP contribution in [-0.4, -0.2) is 60.8 Å². The summed E-state index contributed by atoms with van der Waals surface area (Å²) >= 11 is 0. The fourth-order valence-corrected chi connectivity index (χ4v) is 7.12. The molecule has 0 rings (SSSR count). The molecule has 0 aromatic heterocycles. The van der Waals surface area contributed by atoms with Crippen LogP contribution in [0.4, 0.5) is 0 Å². The molecule has 0 aromatic rings. The van der Waals surface area contributed by atoms with Crippen molar-refractivity contribution in [2.45, 2.75) is 278 Å². The van der Waals surface area contributed by atoms with Crippen molar-refractivity contribution >= 4 is 5.97 Å². The minimum absolute atomic E-state index is 0.139. The van der Waals surface area contributed by atoms with Crippen LogP contribution in [0.1, 0.15) is 278 Å². The lowest BCUT2D eigenvalue weighted by molar-refractivity contribution is -0.137. The Kier molecular flexibility index (Phi) is 64.9. The molecule has 0 fully saturated rings. The number of hydrogen-bond acceptors (Lipinski definition) is 5. The molecule has 0 aliphatic heterocycles. The van der Waals surface area contributed by atoms with Gasteiger partial charge in [-0.3, -0.25) is 4.79 Å². The molecule has 4 N–H and O–H groups in total. The van der Waals surface area contributed by atoms with Crippen LogP contribution in [0, 0.1) is 0 Å². The molecule has 0 saturated carbocycles. The molecule has 56 heavy (non-hydrogen) atoms. The molecule has 0 unspecified atom stereocenters. The Labute approximate surface area is 352 Å². The summed E-state index contributed by atoms with van der Waals surface area (Å²) in [5.41, 5.74) is 0. The van der Waals surface area contributed by atoms with Crippen LogP contribution in [0.5, 0.6) is 0 Å². The zero-order valence-electron chi connectivity index (χ0n) is 38.7. The number of carbonyl (C=O) groups is 1. The molecule has 0 radical (unpaired) electrons. The van der Waals surface area contributed by atoms with Crippen LogP contribution in [0.3, 0.4) is 0 Å². The van der Waals surface area contributed by atoms with Gasteiger partial charge in [-0.25, -0.2) is 0 Å². The Bertz CT molecular complexity index is 623. The van der Waals surface area contributed by atoms with Gasteiger partial charge in [-0.05, 0) is 19.3 Å². The number of ether oxygens (including phenoxy) is 1. The van der Waals surface area contributed by atoms with Crippen molar-refractivity contribution in [2.24, 2.45) is 0 Å². The molecule has 0 heterocycles. The van der Waals surface area contributed by atoms with Gasteiger partial charge in [0.2, 0.25) is 0 Å². The summed E-state index contributed by atoms with van der Waals surface area (Å²) in [6, 6.07) is 0. The number of hydrogen-bond donors (Lipinski definition) is 4.